The molecule has 2 N–H and O–H groups in total. The highest BCUT2D eigenvalue weighted by molar-refractivity contribution is 5.15. The van der Waals surface area contributed by atoms with Crippen LogP contribution in [0, 0.1) is 5.92 Å². The molecule has 0 spiro atoms. The molecule has 0 amide bonds. The van der Waals surface area contributed by atoms with Crippen molar-refractivity contribution in [2.75, 3.05) is 6.61 Å². The van der Waals surface area contributed by atoms with Gasteiger partial charge in [0.05, 0.1) is 12.3 Å². The van der Waals surface area contributed by atoms with Crippen molar-refractivity contribution in [1.82, 2.24) is 4.98 Å². The molecule has 88 valence electrons. The van der Waals surface area contributed by atoms with E-state index in [1.165, 1.54) is 32.1 Å². The minimum atomic E-state index is 0.473. The van der Waals surface area contributed by atoms with E-state index >= 15 is 0 Å². The van der Waals surface area contributed by atoms with Crippen molar-refractivity contribution >= 4 is 0 Å². The first-order chi connectivity index (χ1) is 7.88. The Morgan fingerprint density at radius 1 is 1.25 bits per heavy atom. The molecule has 0 aromatic carbocycles. The predicted octanol–water partition coefficient (Wildman–Crippen LogP) is 2.50. The molecule has 1 aliphatic rings. The first-order valence-electron chi connectivity index (χ1n) is 6.17. The molecule has 1 saturated carbocycles. The van der Waals surface area contributed by atoms with E-state index in [1.807, 2.05) is 18.2 Å². The van der Waals surface area contributed by atoms with Gasteiger partial charge < -0.3 is 10.5 Å². The van der Waals surface area contributed by atoms with Crippen LogP contribution in [0.3, 0.4) is 0 Å². The molecule has 3 heteroatoms. The van der Waals surface area contributed by atoms with Gasteiger partial charge >= 0.3 is 0 Å². The molecule has 0 saturated heterocycles. The van der Waals surface area contributed by atoms with Crippen LogP contribution in [0.1, 0.15) is 37.8 Å². The number of rotatable bonds is 4. The van der Waals surface area contributed by atoms with Gasteiger partial charge in [0.2, 0.25) is 5.88 Å². The molecule has 2 rings (SSSR count). The quantitative estimate of drug-likeness (QED) is 0.848. The van der Waals surface area contributed by atoms with E-state index in [0.717, 1.165) is 18.2 Å². The second-order valence-corrected chi connectivity index (χ2v) is 4.49. The summed E-state index contributed by atoms with van der Waals surface area (Å²) < 4.78 is 5.72. The van der Waals surface area contributed by atoms with Crippen molar-refractivity contribution in [3.8, 4) is 5.88 Å². The summed E-state index contributed by atoms with van der Waals surface area (Å²) >= 11 is 0. The number of hydrogen-bond donors (Lipinski definition) is 1. The fourth-order valence-corrected chi connectivity index (χ4v) is 2.21. The van der Waals surface area contributed by atoms with E-state index in [0.29, 0.717) is 12.4 Å². The van der Waals surface area contributed by atoms with Crippen molar-refractivity contribution in [3.63, 3.8) is 0 Å². The Balaban J connectivity index is 1.83. The summed E-state index contributed by atoms with van der Waals surface area (Å²) in [5.41, 5.74) is 6.43. The van der Waals surface area contributed by atoms with E-state index in [-0.39, 0.29) is 0 Å². The number of ether oxygens (including phenoxy) is 1. The van der Waals surface area contributed by atoms with E-state index in [9.17, 15) is 0 Å². The largest absolute Gasteiger partial charge is 0.477 e. The van der Waals surface area contributed by atoms with Crippen LogP contribution in [0.5, 0.6) is 5.88 Å². The second-order valence-electron chi connectivity index (χ2n) is 4.49. The van der Waals surface area contributed by atoms with Gasteiger partial charge in [-0.2, -0.15) is 0 Å². The fraction of sp³-hybridized carbons (Fsp3) is 0.615. The van der Waals surface area contributed by atoms with E-state index in [4.69, 9.17) is 10.5 Å². The molecule has 0 radical (unpaired) electrons. The van der Waals surface area contributed by atoms with Crippen molar-refractivity contribution in [2.45, 2.75) is 38.6 Å². The Morgan fingerprint density at radius 3 is 2.81 bits per heavy atom. The molecule has 3 nitrogen and oxygen atoms in total. The lowest BCUT2D eigenvalue weighted by Gasteiger charge is -2.21. The molecule has 0 bridgehead atoms. The summed E-state index contributed by atoms with van der Waals surface area (Å²) in [6, 6.07) is 5.78. The topological polar surface area (TPSA) is 48.1 Å². The van der Waals surface area contributed by atoms with Crippen LogP contribution in [0.25, 0.3) is 0 Å². The SMILES string of the molecule is NCc1cccc(OCC2CCCCC2)n1. The van der Waals surface area contributed by atoms with Crippen molar-refractivity contribution in [1.29, 1.82) is 0 Å². The normalized spacial score (nSPS) is 17.3. The van der Waals surface area contributed by atoms with E-state index in [2.05, 4.69) is 4.98 Å². The standard InChI is InChI=1S/C13H20N2O/c14-9-12-7-4-8-13(15-12)16-10-11-5-2-1-3-6-11/h4,7-8,11H,1-3,5-6,9-10,14H2. The number of nitrogens with zero attached hydrogens (tertiary/aromatic N) is 1. The number of pyridine rings is 1. The molecule has 16 heavy (non-hydrogen) atoms. The third kappa shape index (κ3) is 3.20. The lowest BCUT2D eigenvalue weighted by Crippen LogP contribution is -2.16. The molecule has 1 aliphatic carbocycles. The Hall–Kier alpha value is -1.09. The van der Waals surface area contributed by atoms with Gasteiger partial charge in [0, 0.05) is 12.6 Å². The fourth-order valence-electron chi connectivity index (χ4n) is 2.21. The van der Waals surface area contributed by atoms with Crippen molar-refractivity contribution in [3.05, 3.63) is 23.9 Å². The van der Waals surface area contributed by atoms with Crippen molar-refractivity contribution < 1.29 is 4.74 Å². The molecule has 1 aromatic heterocycles. The van der Waals surface area contributed by atoms with Gasteiger partial charge in [0.25, 0.3) is 0 Å². The third-order valence-corrected chi connectivity index (χ3v) is 3.18. The Labute approximate surface area is 97.0 Å². The van der Waals surface area contributed by atoms with Crippen LogP contribution in [0.4, 0.5) is 0 Å². The average molecular weight is 220 g/mol. The highest BCUT2D eigenvalue weighted by Crippen LogP contribution is 2.24. The molecule has 1 aromatic rings. The van der Waals surface area contributed by atoms with Gasteiger partial charge in [-0.15, -0.1) is 0 Å². The van der Waals surface area contributed by atoms with Gasteiger partial charge in [-0.1, -0.05) is 25.3 Å². The predicted molar refractivity (Wildman–Crippen MR) is 64.2 cm³/mol. The first kappa shape index (κ1) is 11.4. The Bertz CT molecular complexity index is 321. The second kappa shape index (κ2) is 5.85. The molecule has 0 aliphatic heterocycles. The van der Waals surface area contributed by atoms with Crippen LogP contribution in [0.2, 0.25) is 0 Å². The third-order valence-electron chi connectivity index (χ3n) is 3.18. The van der Waals surface area contributed by atoms with Crippen LogP contribution in [0.15, 0.2) is 18.2 Å². The summed E-state index contributed by atoms with van der Waals surface area (Å²) in [4.78, 5) is 4.33. The number of hydrogen-bond acceptors (Lipinski definition) is 3. The molecule has 1 fully saturated rings. The van der Waals surface area contributed by atoms with Crippen LogP contribution in [-0.2, 0) is 6.54 Å². The Morgan fingerprint density at radius 2 is 2.06 bits per heavy atom. The number of aromatic nitrogens is 1. The molecule has 0 unspecified atom stereocenters. The zero-order valence-electron chi connectivity index (χ0n) is 9.69. The highest BCUT2D eigenvalue weighted by atomic mass is 16.5. The van der Waals surface area contributed by atoms with E-state index in [1.54, 1.807) is 0 Å². The first-order valence-corrected chi connectivity index (χ1v) is 6.17. The minimum Gasteiger partial charge on any atom is -0.477 e. The maximum atomic E-state index is 5.72. The zero-order chi connectivity index (χ0) is 11.2. The summed E-state index contributed by atoms with van der Waals surface area (Å²) in [5.74, 6) is 1.44. The summed E-state index contributed by atoms with van der Waals surface area (Å²) in [5, 5.41) is 0. The lowest BCUT2D eigenvalue weighted by molar-refractivity contribution is 0.202. The monoisotopic (exact) mass is 220 g/mol. The minimum absolute atomic E-state index is 0.473. The van der Waals surface area contributed by atoms with Gasteiger partial charge in [0.15, 0.2) is 0 Å². The number of nitrogens with two attached hydrogens (primary N) is 1. The molecular formula is C13H20N2O. The smallest absolute Gasteiger partial charge is 0.213 e. The van der Waals surface area contributed by atoms with Gasteiger partial charge in [0.1, 0.15) is 0 Å². The average Bonchev–Trinajstić information content (AvgIpc) is 2.38. The summed E-state index contributed by atoms with van der Waals surface area (Å²) in [7, 11) is 0. The molecule has 0 atom stereocenters. The van der Waals surface area contributed by atoms with Gasteiger partial charge in [-0.3, -0.25) is 0 Å². The van der Waals surface area contributed by atoms with Crippen LogP contribution in [-0.4, -0.2) is 11.6 Å². The highest BCUT2D eigenvalue weighted by Gasteiger charge is 2.14. The van der Waals surface area contributed by atoms with Crippen LogP contribution < -0.4 is 10.5 Å². The van der Waals surface area contributed by atoms with Gasteiger partial charge in [-0.25, -0.2) is 4.98 Å². The maximum Gasteiger partial charge on any atom is 0.213 e. The van der Waals surface area contributed by atoms with E-state index < -0.39 is 0 Å². The maximum absolute atomic E-state index is 5.72. The summed E-state index contributed by atoms with van der Waals surface area (Å²) in [6.45, 7) is 1.28. The molecule has 1 heterocycles. The van der Waals surface area contributed by atoms with Crippen molar-refractivity contribution in [2.24, 2.45) is 11.7 Å². The Kier molecular flexibility index (Phi) is 4.17. The summed E-state index contributed by atoms with van der Waals surface area (Å²) in [6.07, 6.45) is 6.69. The lowest BCUT2D eigenvalue weighted by atomic mass is 9.90. The zero-order valence-corrected chi connectivity index (χ0v) is 9.69. The molecular weight excluding hydrogens is 200 g/mol. The van der Waals surface area contributed by atoms with Crippen LogP contribution >= 0.6 is 0 Å². The van der Waals surface area contributed by atoms with Gasteiger partial charge in [-0.05, 0) is 24.8 Å².